The molecule has 0 unspecified atom stereocenters. The van der Waals surface area contributed by atoms with E-state index < -0.39 is 0 Å². The summed E-state index contributed by atoms with van der Waals surface area (Å²) in [5, 5.41) is 3.30. The normalized spacial score (nSPS) is 14.2. The summed E-state index contributed by atoms with van der Waals surface area (Å²) in [7, 11) is 0. The molecule has 2 aromatic rings. The first-order valence-corrected chi connectivity index (χ1v) is 9.04. The van der Waals surface area contributed by atoms with E-state index in [0.717, 1.165) is 23.5 Å². The van der Waals surface area contributed by atoms with Gasteiger partial charge in [0, 0.05) is 38.1 Å². The third-order valence-corrected chi connectivity index (χ3v) is 4.26. The number of carbonyl (C=O) groups is 2. The van der Waals surface area contributed by atoms with E-state index in [1.807, 2.05) is 44.2 Å². The highest BCUT2D eigenvalue weighted by Crippen LogP contribution is 2.28. The molecule has 7 nitrogen and oxygen atoms in total. The molecule has 1 aliphatic rings. The molecule has 1 aliphatic heterocycles. The van der Waals surface area contributed by atoms with Crippen molar-refractivity contribution in [2.75, 3.05) is 31.5 Å². The number of benzene rings is 1. The Morgan fingerprint density at radius 2 is 1.93 bits per heavy atom. The van der Waals surface area contributed by atoms with Crippen molar-refractivity contribution in [3.63, 3.8) is 0 Å². The number of para-hydroxylation sites is 2. The lowest BCUT2D eigenvalue weighted by atomic mass is 10.2. The minimum atomic E-state index is -0.129. The minimum Gasteiger partial charge on any atom is -0.489 e. The summed E-state index contributed by atoms with van der Waals surface area (Å²) in [5.41, 5.74) is 1.97. The maximum Gasteiger partial charge on any atom is 0.272 e. The number of nitrogens with one attached hydrogen (secondary N) is 1. The van der Waals surface area contributed by atoms with Gasteiger partial charge < -0.3 is 19.9 Å². The monoisotopic (exact) mass is 368 g/mol. The summed E-state index contributed by atoms with van der Waals surface area (Å²) in [4.78, 5) is 31.1. The average Bonchev–Trinajstić information content (AvgIpc) is 2.69. The fraction of sp³-hybridized carbons (Fsp3) is 0.350. The number of anilines is 2. The molecule has 2 heterocycles. The van der Waals surface area contributed by atoms with E-state index in [2.05, 4.69) is 10.3 Å². The Hall–Kier alpha value is -3.09. The van der Waals surface area contributed by atoms with Gasteiger partial charge in [-0.3, -0.25) is 14.6 Å². The number of nitrogens with zero attached hydrogens (tertiary/aromatic N) is 3. The minimum absolute atomic E-state index is 0.0626. The molecular formula is C20H24N4O3. The first-order chi connectivity index (χ1) is 13.1. The van der Waals surface area contributed by atoms with Crippen molar-refractivity contribution in [3.8, 4) is 5.75 Å². The average molecular weight is 368 g/mol. The Bertz CT molecular complexity index is 801. The van der Waals surface area contributed by atoms with Gasteiger partial charge in [-0.15, -0.1) is 0 Å². The molecule has 1 fully saturated rings. The SMILES string of the molecule is CC(C)Oc1ccccc1Nc1ccnc(C(=O)N2CCN(C=O)CC2)c1. The van der Waals surface area contributed by atoms with Crippen LogP contribution in [-0.2, 0) is 4.79 Å². The lowest BCUT2D eigenvalue weighted by Crippen LogP contribution is -2.48. The van der Waals surface area contributed by atoms with Crippen LogP contribution >= 0.6 is 0 Å². The molecule has 1 saturated heterocycles. The Morgan fingerprint density at radius 3 is 2.63 bits per heavy atom. The number of aromatic nitrogens is 1. The van der Waals surface area contributed by atoms with E-state index in [4.69, 9.17) is 4.74 Å². The number of ether oxygens (including phenoxy) is 1. The largest absolute Gasteiger partial charge is 0.489 e. The summed E-state index contributed by atoms with van der Waals surface area (Å²) in [5.74, 6) is 0.623. The quantitative estimate of drug-likeness (QED) is 0.793. The van der Waals surface area contributed by atoms with Crippen molar-refractivity contribution in [2.24, 2.45) is 0 Å². The second kappa shape index (κ2) is 8.53. The molecular weight excluding hydrogens is 344 g/mol. The molecule has 0 atom stereocenters. The van der Waals surface area contributed by atoms with Crippen LogP contribution in [0.1, 0.15) is 24.3 Å². The van der Waals surface area contributed by atoms with E-state index >= 15 is 0 Å². The van der Waals surface area contributed by atoms with Gasteiger partial charge in [0.25, 0.3) is 5.91 Å². The number of carbonyl (C=O) groups excluding carboxylic acids is 2. The summed E-state index contributed by atoms with van der Waals surface area (Å²) >= 11 is 0. The highest BCUT2D eigenvalue weighted by molar-refractivity contribution is 5.93. The zero-order valence-electron chi connectivity index (χ0n) is 15.6. The topological polar surface area (TPSA) is 74.8 Å². The van der Waals surface area contributed by atoms with Crippen molar-refractivity contribution in [1.82, 2.24) is 14.8 Å². The summed E-state index contributed by atoms with van der Waals surface area (Å²) in [6, 6.07) is 11.2. The molecule has 1 aromatic carbocycles. The smallest absolute Gasteiger partial charge is 0.272 e. The van der Waals surface area contributed by atoms with Crippen LogP contribution in [0.3, 0.4) is 0 Å². The number of hydrogen-bond acceptors (Lipinski definition) is 5. The van der Waals surface area contributed by atoms with Crippen LogP contribution < -0.4 is 10.1 Å². The van der Waals surface area contributed by atoms with Crippen LogP contribution in [0.5, 0.6) is 5.75 Å². The predicted octanol–water partition coefficient (Wildman–Crippen LogP) is 2.53. The van der Waals surface area contributed by atoms with E-state index in [1.54, 1.807) is 22.1 Å². The van der Waals surface area contributed by atoms with Crippen molar-refractivity contribution in [2.45, 2.75) is 20.0 Å². The molecule has 0 aliphatic carbocycles. The van der Waals surface area contributed by atoms with Crippen molar-refractivity contribution in [3.05, 3.63) is 48.3 Å². The van der Waals surface area contributed by atoms with Crippen molar-refractivity contribution in [1.29, 1.82) is 0 Å². The molecule has 2 amide bonds. The van der Waals surface area contributed by atoms with Crippen LogP contribution in [0, 0.1) is 0 Å². The highest BCUT2D eigenvalue weighted by Gasteiger charge is 2.22. The van der Waals surface area contributed by atoms with Crippen molar-refractivity contribution < 1.29 is 14.3 Å². The molecule has 0 spiro atoms. The molecule has 1 aromatic heterocycles. The maximum atomic E-state index is 12.7. The Kier molecular flexibility index (Phi) is 5.90. The van der Waals surface area contributed by atoms with E-state index in [1.165, 1.54) is 0 Å². The van der Waals surface area contributed by atoms with Crippen LogP contribution in [0.25, 0.3) is 0 Å². The first kappa shape index (κ1) is 18.7. The number of hydrogen-bond donors (Lipinski definition) is 1. The fourth-order valence-corrected chi connectivity index (χ4v) is 2.90. The fourth-order valence-electron chi connectivity index (χ4n) is 2.90. The maximum absolute atomic E-state index is 12.7. The van der Waals surface area contributed by atoms with Crippen LogP contribution in [-0.4, -0.2) is 59.4 Å². The Morgan fingerprint density at radius 1 is 1.19 bits per heavy atom. The summed E-state index contributed by atoms with van der Waals surface area (Å²) in [6.45, 7) is 6.08. The number of pyridine rings is 1. The Balaban J connectivity index is 1.73. The predicted molar refractivity (Wildman–Crippen MR) is 103 cm³/mol. The molecule has 142 valence electrons. The number of rotatable bonds is 6. The molecule has 3 rings (SSSR count). The van der Waals surface area contributed by atoms with Gasteiger partial charge in [0.15, 0.2) is 0 Å². The molecule has 0 bridgehead atoms. The van der Waals surface area contributed by atoms with Gasteiger partial charge in [-0.1, -0.05) is 12.1 Å². The van der Waals surface area contributed by atoms with Gasteiger partial charge in [-0.25, -0.2) is 0 Å². The van der Waals surface area contributed by atoms with Crippen molar-refractivity contribution >= 4 is 23.7 Å². The number of piperazine rings is 1. The molecule has 0 radical (unpaired) electrons. The third kappa shape index (κ3) is 4.75. The highest BCUT2D eigenvalue weighted by atomic mass is 16.5. The summed E-state index contributed by atoms with van der Waals surface area (Å²) < 4.78 is 5.82. The lowest BCUT2D eigenvalue weighted by Gasteiger charge is -2.32. The summed E-state index contributed by atoms with van der Waals surface area (Å²) in [6.07, 6.45) is 2.50. The van der Waals surface area contributed by atoms with Crippen LogP contribution in [0.15, 0.2) is 42.6 Å². The second-order valence-electron chi connectivity index (χ2n) is 6.65. The van der Waals surface area contributed by atoms with Gasteiger partial charge in [0.2, 0.25) is 6.41 Å². The third-order valence-electron chi connectivity index (χ3n) is 4.26. The molecule has 27 heavy (non-hydrogen) atoms. The van der Waals surface area contributed by atoms with E-state index in [-0.39, 0.29) is 12.0 Å². The second-order valence-corrected chi connectivity index (χ2v) is 6.65. The zero-order valence-corrected chi connectivity index (χ0v) is 15.6. The van der Waals surface area contributed by atoms with Gasteiger partial charge in [-0.2, -0.15) is 0 Å². The number of amides is 2. The molecule has 0 saturated carbocycles. The molecule has 1 N–H and O–H groups in total. The van der Waals surface area contributed by atoms with Crippen LogP contribution in [0.4, 0.5) is 11.4 Å². The van der Waals surface area contributed by atoms with E-state index in [0.29, 0.717) is 31.9 Å². The lowest BCUT2D eigenvalue weighted by molar-refractivity contribution is -0.119. The Labute approximate surface area is 158 Å². The van der Waals surface area contributed by atoms with Gasteiger partial charge in [0.05, 0.1) is 11.8 Å². The van der Waals surface area contributed by atoms with Gasteiger partial charge >= 0.3 is 0 Å². The zero-order chi connectivity index (χ0) is 19.2. The molecule has 7 heteroatoms. The van der Waals surface area contributed by atoms with E-state index in [9.17, 15) is 9.59 Å². The van der Waals surface area contributed by atoms with Gasteiger partial charge in [-0.05, 0) is 38.1 Å². The first-order valence-electron chi connectivity index (χ1n) is 9.04. The van der Waals surface area contributed by atoms with Gasteiger partial charge in [0.1, 0.15) is 11.4 Å². The van der Waals surface area contributed by atoms with Crippen LogP contribution in [0.2, 0.25) is 0 Å². The standard InChI is InChI=1S/C20H24N4O3/c1-15(2)27-19-6-4-3-5-17(19)22-16-7-8-21-18(13-16)20(26)24-11-9-23(14-25)10-12-24/h3-8,13-15H,9-12H2,1-2H3,(H,21,22).